The lowest BCUT2D eigenvalue weighted by Crippen LogP contribution is -2.44. The summed E-state index contributed by atoms with van der Waals surface area (Å²) in [5.41, 5.74) is 2.55. The second-order valence-electron chi connectivity index (χ2n) is 7.90. The molecule has 1 aromatic heterocycles. The van der Waals surface area contributed by atoms with E-state index in [2.05, 4.69) is 22.2 Å². The summed E-state index contributed by atoms with van der Waals surface area (Å²) in [7, 11) is -1.37. The monoisotopic (exact) mass is 458 g/mol. The van der Waals surface area contributed by atoms with E-state index in [1.165, 1.54) is 0 Å². The zero-order valence-corrected chi connectivity index (χ0v) is 19.3. The van der Waals surface area contributed by atoms with Crippen LogP contribution in [0.4, 0.5) is 10.8 Å². The first kappa shape index (κ1) is 21.7. The SMILES string of the molecule is Cc1ccc(S(=O)(=O)CCC(=O)Nc2ccc3nc(N4CCN(C)CC4)sc3c2)cc1. The maximum absolute atomic E-state index is 12.5. The zero-order valence-electron chi connectivity index (χ0n) is 17.7. The highest BCUT2D eigenvalue weighted by atomic mass is 32.2. The third-order valence-corrected chi connectivity index (χ3v) is 8.22. The Hall–Kier alpha value is -2.49. The number of sulfone groups is 1. The molecule has 0 unspecified atom stereocenters. The van der Waals surface area contributed by atoms with Crippen LogP contribution in [0.3, 0.4) is 0 Å². The lowest BCUT2D eigenvalue weighted by atomic mass is 10.2. The van der Waals surface area contributed by atoms with Crippen molar-refractivity contribution in [1.82, 2.24) is 9.88 Å². The number of anilines is 2. The molecule has 9 heteroatoms. The summed E-state index contributed by atoms with van der Waals surface area (Å²) in [5, 5.41) is 3.81. The molecule has 1 aliphatic heterocycles. The average Bonchev–Trinajstić information content (AvgIpc) is 3.16. The molecule has 2 heterocycles. The van der Waals surface area contributed by atoms with Crippen LogP contribution in [-0.4, -0.2) is 63.2 Å². The molecule has 1 amide bonds. The number of piperazine rings is 1. The van der Waals surface area contributed by atoms with Gasteiger partial charge >= 0.3 is 0 Å². The van der Waals surface area contributed by atoms with Crippen LogP contribution < -0.4 is 10.2 Å². The van der Waals surface area contributed by atoms with E-state index >= 15 is 0 Å². The number of carbonyl (C=O) groups excluding carboxylic acids is 1. The molecule has 7 nitrogen and oxygen atoms in total. The molecule has 31 heavy (non-hydrogen) atoms. The topological polar surface area (TPSA) is 82.6 Å². The predicted octanol–water partition coefficient (Wildman–Crippen LogP) is 3.16. The number of benzene rings is 2. The normalized spacial score (nSPS) is 15.4. The fourth-order valence-corrected chi connectivity index (χ4v) is 5.73. The number of thiazole rings is 1. The van der Waals surface area contributed by atoms with E-state index in [9.17, 15) is 13.2 Å². The Morgan fingerprint density at radius 3 is 2.52 bits per heavy atom. The molecule has 1 aliphatic rings. The summed E-state index contributed by atoms with van der Waals surface area (Å²) in [6.07, 6.45) is -0.0938. The number of aryl methyl sites for hydroxylation is 1. The van der Waals surface area contributed by atoms with Crippen molar-refractivity contribution in [2.45, 2.75) is 18.2 Å². The van der Waals surface area contributed by atoms with Gasteiger partial charge < -0.3 is 15.1 Å². The molecule has 2 aromatic carbocycles. The van der Waals surface area contributed by atoms with Gasteiger partial charge in [-0.1, -0.05) is 29.0 Å². The number of nitrogens with one attached hydrogen (secondary N) is 1. The number of aromatic nitrogens is 1. The highest BCUT2D eigenvalue weighted by Gasteiger charge is 2.19. The van der Waals surface area contributed by atoms with Gasteiger partial charge in [0.15, 0.2) is 15.0 Å². The van der Waals surface area contributed by atoms with Crippen molar-refractivity contribution in [2.75, 3.05) is 49.2 Å². The minimum Gasteiger partial charge on any atom is -0.345 e. The molecular formula is C22H26N4O3S2. The standard InChI is InChI=1S/C22H26N4O3S2/c1-16-3-6-18(7-4-16)31(28,29)14-9-21(27)23-17-5-8-19-20(15-17)30-22(24-19)26-12-10-25(2)11-13-26/h3-8,15H,9-14H2,1-2H3,(H,23,27). The first-order valence-corrected chi connectivity index (χ1v) is 12.7. The Morgan fingerprint density at radius 1 is 1.10 bits per heavy atom. The summed E-state index contributed by atoms with van der Waals surface area (Å²) in [4.78, 5) is 21.9. The van der Waals surface area contributed by atoms with Crippen molar-refractivity contribution in [3.05, 3.63) is 48.0 Å². The van der Waals surface area contributed by atoms with Crippen molar-refractivity contribution < 1.29 is 13.2 Å². The molecule has 3 aromatic rings. The van der Waals surface area contributed by atoms with Crippen LogP contribution in [0.25, 0.3) is 10.2 Å². The van der Waals surface area contributed by atoms with E-state index < -0.39 is 9.84 Å². The van der Waals surface area contributed by atoms with E-state index in [4.69, 9.17) is 4.98 Å². The molecule has 1 fully saturated rings. The number of amides is 1. The fraction of sp³-hybridized carbons (Fsp3) is 0.364. The van der Waals surface area contributed by atoms with Gasteiger partial charge in [0.2, 0.25) is 5.91 Å². The molecule has 164 valence electrons. The van der Waals surface area contributed by atoms with Gasteiger partial charge in [-0.05, 0) is 44.3 Å². The Kier molecular flexibility index (Phi) is 6.27. The van der Waals surface area contributed by atoms with E-state index in [0.717, 1.165) is 47.1 Å². The van der Waals surface area contributed by atoms with Gasteiger partial charge in [0, 0.05) is 38.3 Å². The smallest absolute Gasteiger partial charge is 0.225 e. The quantitative estimate of drug-likeness (QED) is 0.611. The number of rotatable bonds is 6. The predicted molar refractivity (Wildman–Crippen MR) is 126 cm³/mol. The van der Waals surface area contributed by atoms with Crippen molar-refractivity contribution in [3.8, 4) is 0 Å². The summed E-state index contributed by atoms with van der Waals surface area (Å²) >= 11 is 1.61. The Morgan fingerprint density at radius 2 is 1.81 bits per heavy atom. The second kappa shape index (κ2) is 8.94. The molecule has 0 atom stereocenters. The van der Waals surface area contributed by atoms with Crippen LogP contribution in [-0.2, 0) is 14.6 Å². The van der Waals surface area contributed by atoms with Crippen LogP contribution in [0, 0.1) is 6.92 Å². The molecule has 0 radical (unpaired) electrons. The molecule has 4 rings (SSSR count). The number of hydrogen-bond donors (Lipinski definition) is 1. The van der Waals surface area contributed by atoms with Crippen LogP contribution >= 0.6 is 11.3 Å². The van der Waals surface area contributed by atoms with Crippen molar-refractivity contribution in [3.63, 3.8) is 0 Å². The fourth-order valence-electron chi connectivity index (χ4n) is 3.44. The molecule has 1 saturated heterocycles. The Labute approximate surface area is 186 Å². The van der Waals surface area contributed by atoms with E-state index in [0.29, 0.717) is 5.69 Å². The number of hydrogen-bond acceptors (Lipinski definition) is 7. The van der Waals surface area contributed by atoms with Crippen molar-refractivity contribution in [2.24, 2.45) is 0 Å². The largest absolute Gasteiger partial charge is 0.345 e. The number of nitrogens with zero attached hydrogens (tertiary/aromatic N) is 3. The zero-order chi connectivity index (χ0) is 22.0. The first-order valence-electron chi connectivity index (χ1n) is 10.2. The molecule has 0 bridgehead atoms. The van der Waals surface area contributed by atoms with Crippen molar-refractivity contribution in [1.29, 1.82) is 0 Å². The van der Waals surface area contributed by atoms with E-state index in [1.54, 1.807) is 35.6 Å². The van der Waals surface area contributed by atoms with Crippen molar-refractivity contribution >= 4 is 48.1 Å². The van der Waals surface area contributed by atoms with Gasteiger partial charge in [0.05, 0.1) is 20.9 Å². The van der Waals surface area contributed by atoms with Gasteiger partial charge in [0.1, 0.15) is 0 Å². The van der Waals surface area contributed by atoms with E-state index in [-0.39, 0.29) is 23.0 Å². The Balaban J connectivity index is 1.38. The summed E-state index contributed by atoms with van der Waals surface area (Å²) < 4.78 is 25.9. The van der Waals surface area contributed by atoms with Crippen LogP contribution in [0.2, 0.25) is 0 Å². The first-order chi connectivity index (χ1) is 14.8. The maximum atomic E-state index is 12.5. The lowest BCUT2D eigenvalue weighted by Gasteiger charge is -2.31. The Bertz CT molecular complexity index is 1180. The molecule has 1 N–H and O–H groups in total. The third-order valence-electron chi connectivity index (χ3n) is 5.41. The van der Waals surface area contributed by atoms with Gasteiger partial charge in [-0.25, -0.2) is 13.4 Å². The maximum Gasteiger partial charge on any atom is 0.225 e. The molecular weight excluding hydrogens is 432 g/mol. The highest BCUT2D eigenvalue weighted by molar-refractivity contribution is 7.91. The average molecular weight is 459 g/mol. The summed E-state index contributed by atoms with van der Waals surface area (Å²) in [6.45, 7) is 5.84. The third kappa shape index (κ3) is 5.23. The highest BCUT2D eigenvalue weighted by Crippen LogP contribution is 2.31. The lowest BCUT2D eigenvalue weighted by molar-refractivity contribution is -0.115. The van der Waals surface area contributed by atoms with Gasteiger partial charge in [0.25, 0.3) is 0 Å². The minimum atomic E-state index is -3.49. The number of carbonyl (C=O) groups is 1. The van der Waals surface area contributed by atoms with E-state index in [1.807, 2.05) is 25.1 Å². The molecule has 0 saturated carbocycles. The van der Waals surface area contributed by atoms with Crippen LogP contribution in [0.1, 0.15) is 12.0 Å². The minimum absolute atomic E-state index is 0.0938. The van der Waals surface area contributed by atoms with Gasteiger partial charge in [-0.15, -0.1) is 0 Å². The second-order valence-corrected chi connectivity index (χ2v) is 11.0. The van der Waals surface area contributed by atoms with Crippen LogP contribution in [0.5, 0.6) is 0 Å². The molecule has 0 spiro atoms. The van der Waals surface area contributed by atoms with Gasteiger partial charge in [-0.2, -0.15) is 0 Å². The summed E-state index contributed by atoms with van der Waals surface area (Å²) in [6, 6.07) is 12.3. The number of likely N-dealkylation sites (N-methyl/N-ethyl adjacent to an activating group) is 1. The summed E-state index contributed by atoms with van der Waals surface area (Å²) in [5.74, 6) is -0.544. The van der Waals surface area contributed by atoms with Gasteiger partial charge in [-0.3, -0.25) is 4.79 Å². The van der Waals surface area contributed by atoms with Crippen LogP contribution in [0.15, 0.2) is 47.4 Å². The number of fused-ring (bicyclic) bond motifs is 1. The molecule has 0 aliphatic carbocycles.